The van der Waals surface area contributed by atoms with Gasteiger partial charge in [-0.05, 0) is 58.2 Å². The minimum absolute atomic E-state index is 0.220. The standard InChI is InChI=1S/C22H31N3OS/c1-17-21(27-18(2)23-17)15-22(26)24(3)20-12-8-14-25(16-20)13-7-11-19-9-5-4-6-10-19/h4-6,9-10,20H,7-8,11-16H2,1-3H3. The van der Waals surface area contributed by atoms with Crippen LogP contribution < -0.4 is 0 Å². The van der Waals surface area contributed by atoms with Crippen molar-refractivity contribution in [3.8, 4) is 0 Å². The molecule has 0 N–H and O–H groups in total. The Labute approximate surface area is 167 Å². The van der Waals surface area contributed by atoms with E-state index in [4.69, 9.17) is 0 Å². The van der Waals surface area contributed by atoms with E-state index in [9.17, 15) is 4.79 Å². The summed E-state index contributed by atoms with van der Waals surface area (Å²) in [5.41, 5.74) is 2.42. The lowest BCUT2D eigenvalue weighted by Crippen LogP contribution is -2.49. The van der Waals surface area contributed by atoms with Gasteiger partial charge in [0, 0.05) is 24.5 Å². The summed E-state index contributed by atoms with van der Waals surface area (Å²) in [6.45, 7) is 7.27. The van der Waals surface area contributed by atoms with Crippen LogP contribution in [0.25, 0.3) is 0 Å². The maximum Gasteiger partial charge on any atom is 0.227 e. The molecule has 1 fully saturated rings. The van der Waals surface area contributed by atoms with E-state index in [2.05, 4.69) is 40.2 Å². The third-order valence-electron chi connectivity index (χ3n) is 5.52. The highest BCUT2D eigenvalue weighted by atomic mass is 32.1. The molecule has 2 aromatic rings. The van der Waals surface area contributed by atoms with Crippen molar-refractivity contribution in [1.29, 1.82) is 0 Å². The molecule has 146 valence electrons. The monoisotopic (exact) mass is 385 g/mol. The number of benzene rings is 1. The smallest absolute Gasteiger partial charge is 0.227 e. The Balaban J connectivity index is 1.47. The number of aromatic nitrogens is 1. The highest BCUT2D eigenvalue weighted by molar-refractivity contribution is 7.11. The van der Waals surface area contributed by atoms with E-state index in [1.54, 1.807) is 11.3 Å². The summed E-state index contributed by atoms with van der Waals surface area (Å²) in [4.78, 5) is 22.8. The molecule has 27 heavy (non-hydrogen) atoms. The summed E-state index contributed by atoms with van der Waals surface area (Å²) in [5, 5.41) is 1.04. The number of rotatable bonds is 7. The van der Waals surface area contributed by atoms with Crippen LogP contribution in [-0.2, 0) is 17.6 Å². The van der Waals surface area contributed by atoms with Gasteiger partial charge in [0.2, 0.25) is 5.91 Å². The number of carbonyl (C=O) groups excluding carboxylic acids is 1. The largest absolute Gasteiger partial charge is 0.341 e. The predicted molar refractivity (Wildman–Crippen MR) is 112 cm³/mol. The molecule has 4 nitrogen and oxygen atoms in total. The average molecular weight is 386 g/mol. The molecular weight excluding hydrogens is 354 g/mol. The highest BCUT2D eigenvalue weighted by Crippen LogP contribution is 2.21. The topological polar surface area (TPSA) is 36.4 Å². The van der Waals surface area contributed by atoms with Crippen molar-refractivity contribution in [2.24, 2.45) is 0 Å². The number of hydrogen-bond donors (Lipinski definition) is 0. The summed E-state index contributed by atoms with van der Waals surface area (Å²) in [5.74, 6) is 0.220. The molecule has 1 aliphatic rings. The van der Waals surface area contributed by atoms with Crippen LogP contribution in [0.1, 0.15) is 40.4 Å². The van der Waals surface area contributed by atoms with Crippen LogP contribution in [-0.4, -0.2) is 53.4 Å². The summed E-state index contributed by atoms with van der Waals surface area (Å²) >= 11 is 1.65. The number of thiazole rings is 1. The molecule has 0 spiro atoms. The van der Waals surface area contributed by atoms with E-state index < -0.39 is 0 Å². The molecule has 2 heterocycles. The zero-order chi connectivity index (χ0) is 19.2. The first-order valence-electron chi connectivity index (χ1n) is 9.98. The maximum absolute atomic E-state index is 12.8. The fourth-order valence-corrected chi connectivity index (χ4v) is 4.83. The van der Waals surface area contributed by atoms with Crippen LogP contribution in [0.15, 0.2) is 30.3 Å². The number of hydrogen-bond acceptors (Lipinski definition) is 4. The molecule has 1 amide bonds. The molecule has 1 saturated heterocycles. The Morgan fingerprint density at radius 1 is 1.30 bits per heavy atom. The van der Waals surface area contributed by atoms with Gasteiger partial charge in [-0.2, -0.15) is 0 Å². The molecule has 3 rings (SSSR count). The second-order valence-corrected chi connectivity index (χ2v) is 8.90. The first-order chi connectivity index (χ1) is 13.0. The van der Waals surface area contributed by atoms with Gasteiger partial charge in [-0.25, -0.2) is 4.98 Å². The Kier molecular flexibility index (Phi) is 7.02. The number of nitrogens with zero attached hydrogens (tertiary/aromatic N) is 3. The van der Waals surface area contributed by atoms with Crippen LogP contribution in [0.3, 0.4) is 0 Å². The fraction of sp³-hybridized carbons (Fsp3) is 0.545. The van der Waals surface area contributed by atoms with E-state index in [1.807, 2.05) is 25.8 Å². The zero-order valence-corrected chi connectivity index (χ0v) is 17.6. The third-order valence-corrected chi connectivity index (χ3v) is 6.59. The van der Waals surface area contributed by atoms with Crippen molar-refractivity contribution in [1.82, 2.24) is 14.8 Å². The van der Waals surface area contributed by atoms with Crippen LogP contribution in [0.4, 0.5) is 0 Å². The molecule has 0 bridgehead atoms. The van der Waals surface area contributed by atoms with Crippen molar-refractivity contribution in [2.45, 2.75) is 52.0 Å². The van der Waals surface area contributed by atoms with Gasteiger partial charge in [-0.1, -0.05) is 30.3 Å². The molecule has 5 heteroatoms. The summed E-state index contributed by atoms with van der Waals surface area (Å²) in [7, 11) is 1.98. The van der Waals surface area contributed by atoms with Crippen molar-refractivity contribution < 1.29 is 4.79 Å². The van der Waals surface area contributed by atoms with Crippen LogP contribution in [0.2, 0.25) is 0 Å². The van der Waals surface area contributed by atoms with Gasteiger partial charge in [0.1, 0.15) is 0 Å². The van der Waals surface area contributed by atoms with Crippen molar-refractivity contribution in [2.75, 3.05) is 26.7 Å². The van der Waals surface area contributed by atoms with E-state index >= 15 is 0 Å². The van der Waals surface area contributed by atoms with Gasteiger partial charge in [0.15, 0.2) is 0 Å². The summed E-state index contributed by atoms with van der Waals surface area (Å²) in [6.07, 6.45) is 5.07. The van der Waals surface area contributed by atoms with Gasteiger partial charge >= 0.3 is 0 Å². The van der Waals surface area contributed by atoms with Crippen molar-refractivity contribution >= 4 is 17.2 Å². The molecule has 1 unspecified atom stereocenters. The van der Waals surface area contributed by atoms with Gasteiger partial charge in [-0.15, -0.1) is 11.3 Å². The molecular formula is C22H31N3OS. The minimum atomic E-state index is 0.220. The van der Waals surface area contributed by atoms with Gasteiger partial charge in [-0.3, -0.25) is 4.79 Å². The first kappa shape index (κ1) is 20.0. The lowest BCUT2D eigenvalue weighted by molar-refractivity contribution is -0.132. The highest BCUT2D eigenvalue weighted by Gasteiger charge is 2.26. The van der Waals surface area contributed by atoms with Crippen LogP contribution in [0.5, 0.6) is 0 Å². The lowest BCUT2D eigenvalue weighted by Gasteiger charge is -2.37. The first-order valence-corrected chi connectivity index (χ1v) is 10.8. The third kappa shape index (κ3) is 5.63. The van der Waals surface area contributed by atoms with E-state index in [1.165, 1.54) is 18.4 Å². The molecule has 1 atom stereocenters. The molecule has 1 aromatic carbocycles. The number of amides is 1. The number of aryl methyl sites for hydroxylation is 3. The Morgan fingerprint density at radius 3 is 2.78 bits per heavy atom. The Morgan fingerprint density at radius 2 is 2.07 bits per heavy atom. The molecule has 0 radical (unpaired) electrons. The predicted octanol–water partition coefficient (Wildman–Crippen LogP) is 3.86. The summed E-state index contributed by atoms with van der Waals surface area (Å²) in [6, 6.07) is 11.0. The summed E-state index contributed by atoms with van der Waals surface area (Å²) < 4.78 is 0. The number of carbonyl (C=O) groups is 1. The van der Waals surface area contributed by atoms with E-state index in [-0.39, 0.29) is 5.91 Å². The maximum atomic E-state index is 12.8. The van der Waals surface area contributed by atoms with E-state index in [0.29, 0.717) is 12.5 Å². The molecule has 1 aliphatic heterocycles. The van der Waals surface area contributed by atoms with Gasteiger partial charge < -0.3 is 9.80 Å². The average Bonchev–Trinajstić information content (AvgIpc) is 2.99. The quantitative estimate of drug-likeness (QED) is 0.726. The van der Waals surface area contributed by atoms with Crippen molar-refractivity contribution in [3.63, 3.8) is 0 Å². The van der Waals surface area contributed by atoms with Crippen LogP contribution >= 0.6 is 11.3 Å². The fourth-order valence-electron chi connectivity index (χ4n) is 3.90. The zero-order valence-electron chi connectivity index (χ0n) is 16.8. The molecule has 0 saturated carbocycles. The second kappa shape index (κ2) is 9.47. The van der Waals surface area contributed by atoms with Gasteiger partial charge in [0.25, 0.3) is 0 Å². The second-order valence-electron chi connectivity index (χ2n) is 7.61. The Bertz CT molecular complexity index is 743. The number of likely N-dealkylation sites (tertiary alicyclic amines) is 1. The minimum Gasteiger partial charge on any atom is -0.341 e. The van der Waals surface area contributed by atoms with E-state index in [0.717, 1.165) is 48.1 Å². The lowest BCUT2D eigenvalue weighted by atomic mass is 10.0. The number of piperidine rings is 1. The van der Waals surface area contributed by atoms with Gasteiger partial charge in [0.05, 0.1) is 17.1 Å². The number of likely N-dealkylation sites (N-methyl/N-ethyl adjacent to an activating group) is 1. The van der Waals surface area contributed by atoms with Crippen LogP contribution in [0, 0.1) is 13.8 Å². The Hall–Kier alpha value is -1.72. The molecule has 1 aromatic heterocycles. The normalized spacial score (nSPS) is 17.8. The van der Waals surface area contributed by atoms with Crippen molar-refractivity contribution in [3.05, 3.63) is 51.5 Å². The molecule has 0 aliphatic carbocycles. The SMILES string of the molecule is Cc1nc(C)c(CC(=O)N(C)C2CCCN(CCCc3ccccc3)C2)s1.